The molecular formula is C17H14F2N4O3. The van der Waals surface area contributed by atoms with Crippen molar-refractivity contribution in [3.8, 4) is 16.9 Å². The van der Waals surface area contributed by atoms with E-state index < -0.39 is 12.5 Å². The number of carbonyl (C=O) groups is 1. The predicted octanol–water partition coefficient (Wildman–Crippen LogP) is 3.48. The first-order valence-electron chi connectivity index (χ1n) is 7.48. The van der Waals surface area contributed by atoms with Gasteiger partial charge in [-0.05, 0) is 25.1 Å². The van der Waals surface area contributed by atoms with E-state index in [1.807, 2.05) is 0 Å². The lowest BCUT2D eigenvalue weighted by Crippen LogP contribution is -2.14. The molecule has 0 radical (unpaired) electrons. The highest BCUT2D eigenvalue weighted by Gasteiger charge is 2.16. The van der Waals surface area contributed by atoms with Crippen LogP contribution in [0.2, 0.25) is 0 Å². The minimum atomic E-state index is -2.96. The number of para-hydroxylation sites is 1. The van der Waals surface area contributed by atoms with Crippen molar-refractivity contribution in [2.24, 2.45) is 0 Å². The third-order valence-corrected chi connectivity index (χ3v) is 3.55. The lowest BCUT2D eigenvalue weighted by atomic mass is 10.1. The zero-order valence-corrected chi connectivity index (χ0v) is 13.6. The average molecular weight is 360 g/mol. The quantitative estimate of drug-likeness (QED) is 0.722. The summed E-state index contributed by atoms with van der Waals surface area (Å²) in [6, 6.07) is 9.30. The average Bonchev–Trinajstić information content (AvgIpc) is 3.01. The minimum absolute atomic E-state index is 0.0205. The Morgan fingerprint density at radius 2 is 2.00 bits per heavy atom. The molecule has 0 fully saturated rings. The van der Waals surface area contributed by atoms with E-state index in [4.69, 9.17) is 10.3 Å². The number of nitrogens with one attached hydrogen (secondary N) is 1. The van der Waals surface area contributed by atoms with Crippen LogP contribution < -0.4 is 15.8 Å². The molecule has 9 heteroatoms. The molecule has 1 aromatic carbocycles. The number of aromatic nitrogens is 2. The van der Waals surface area contributed by atoms with E-state index >= 15 is 0 Å². The molecule has 2 aromatic heterocycles. The number of alkyl halides is 2. The van der Waals surface area contributed by atoms with Crippen molar-refractivity contribution in [3.63, 3.8) is 0 Å². The summed E-state index contributed by atoms with van der Waals surface area (Å²) >= 11 is 0. The summed E-state index contributed by atoms with van der Waals surface area (Å²) in [7, 11) is 0. The van der Waals surface area contributed by atoms with Crippen LogP contribution in [-0.4, -0.2) is 22.7 Å². The van der Waals surface area contributed by atoms with Gasteiger partial charge in [0.15, 0.2) is 0 Å². The van der Waals surface area contributed by atoms with Crippen molar-refractivity contribution in [2.75, 3.05) is 11.1 Å². The number of carbonyl (C=O) groups excluding carboxylic acids is 1. The molecule has 26 heavy (non-hydrogen) atoms. The van der Waals surface area contributed by atoms with Crippen molar-refractivity contribution < 1.29 is 22.8 Å². The van der Waals surface area contributed by atoms with Gasteiger partial charge in [-0.15, -0.1) is 0 Å². The second kappa shape index (κ2) is 7.18. The van der Waals surface area contributed by atoms with Gasteiger partial charge in [-0.25, -0.2) is 4.98 Å². The first-order chi connectivity index (χ1) is 12.5. The summed E-state index contributed by atoms with van der Waals surface area (Å²) in [4.78, 5) is 16.2. The topological polar surface area (TPSA) is 103 Å². The number of hydrogen-bond donors (Lipinski definition) is 2. The molecule has 0 atom stereocenters. The summed E-state index contributed by atoms with van der Waals surface area (Å²) in [6.07, 6.45) is 1.22. The zero-order chi connectivity index (χ0) is 18.7. The van der Waals surface area contributed by atoms with Crippen molar-refractivity contribution in [1.82, 2.24) is 10.1 Å². The Kier molecular flexibility index (Phi) is 4.78. The van der Waals surface area contributed by atoms with Crippen LogP contribution in [0.15, 0.2) is 47.2 Å². The highest BCUT2D eigenvalue weighted by Crippen LogP contribution is 2.34. The molecule has 3 rings (SSSR count). The third kappa shape index (κ3) is 3.61. The fourth-order valence-corrected chi connectivity index (χ4v) is 2.35. The van der Waals surface area contributed by atoms with Gasteiger partial charge < -0.3 is 20.3 Å². The molecule has 3 aromatic rings. The highest BCUT2D eigenvalue weighted by molar-refractivity contribution is 6.04. The highest BCUT2D eigenvalue weighted by atomic mass is 19.3. The first kappa shape index (κ1) is 17.3. The van der Waals surface area contributed by atoms with Crippen LogP contribution in [0.1, 0.15) is 16.1 Å². The fourth-order valence-electron chi connectivity index (χ4n) is 2.35. The number of halogens is 2. The van der Waals surface area contributed by atoms with Gasteiger partial charge in [-0.3, -0.25) is 4.79 Å². The van der Waals surface area contributed by atoms with Gasteiger partial charge in [0.25, 0.3) is 5.91 Å². The number of nitrogen functional groups attached to an aromatic ring is 1. The van der Waals surface area contributed by atoms with E-state index in [-0.39, 0.29) is 22.9 Å². The van der Waals surface area contributed by atoms with Gasteiger partial charge in [0.2, 0.25) is 0 Å². The van der Waals surface area contributed by atoms with Gasteiger partial charge >= 0.3 is 6.61 Å². The van der Waals surface area contributed by atoms with Crippen LogP contribution in [0.5, 0.6) is 5.75 Å². The molecule has 0 saturated heterocycles. The molecular weight excluding hydrogens is 346 g/mol. The van der Waals surface area contributed by atoms with Crippen LogP contribution in [0.4, 0.5) is 20.4 Å². The number of pyridine rings is 1. The van der Waals surface area contributed by atoms with E-state index in [0.29, 0.717) is 16.8 Å². The van der Waals surface area contributed by atoms with Gasteiger partial charge in [-0.1, -0.05) is 23.4 Å². The molecule has 0 saturated carbocycles. The molecule has 134 valence electrons. The van der Waals surface area contributed by atoms with Crippen LogP contribution in [0.25, 0.3) is 11.1 Å². The Balaban J connectivity index is 1.87. The summed E-state index contributed by atoms with van der Waals surface area (Å²) in [5, 5.41) is 6.20. The Hall–Kier alpha value is -3.49. The van der Waals surface area contributed by atoms with E-state index in [1.54, 1.807) is 31.2 Å². The Bertz CT molecular complexity index is 943. The first-order valence-corrected chi connectivity index (χ1v) is 7.48. The van der Waals surface area contributed by atoms with Crippen LogP contribution in [-0.2, 0) is 0 Å². The number of nitrogens with zero attached hydrogens (tertiary/aromatic N) is 2. The van der Waals surface area contributed by atoms with Crippen LogP contribution in [0, 0.1) is 6.92 Å². The van der Waals surface area contributed by atoms with Crippen molar-refractivity contribution in [1.29, 1.82) is 0 Å². The molecule has 0 spiro atoms. The molecule has 3 N–H and O–H groups in total. The van der Waals surface area contributed by atoms with Crippen molar-refractivity contribution >= 4 is 17.5 Å². The molecule has 1 amide bonds. The van der Waals surface area contributed by atoms with Gasteiger partial charge in [0.05, 0.1) is 5.69 Å². The maximum atomic E-state index is 12.6. The third-order valence-electron chi connectivity index (χ3n) is 3.55. The van der Waals surface area contributed by atoms with Gasteiger partial charge in [0.1, 0.15) is 29.2 Å². The lowest BCUT2D eigenvalue weighted by molar-refractivity contribution is -0.0494. The van der Waals surface area contributed by atoms with E-state index in [2.05, 4.69) is 20.2 Å². The maximum absolute atomic E-state index is 12.6. The number of ether oxygens (including phenoxy) is 1. The van der Waals surface area contributed by atoms with Crippen molar-refractivity contribution in [2.45, 2.75) is 13.5 Å². The molecule has 0 unspecified atom stereocenters. The van der Waals surface area contributed by atoms with Gasteiger partial charge in [-0.2, -0.15) is 8.78 Å². The standard InChI is InChI=1S/C17H14F2N4O3/c1-9-12(8-25-23-9)16(24)22-14-7-6-11(15(20)21-14)10-4-2-3-5-13(10)26-17(18)19/h2-8,17H,1H3,(H3,20,21,22,24). The number of amides is 1. The molecule has 0 aliphatic carbocycles. The number of benzene rings is 1. The van der Waals surface area contributed by atoms with E-state index in [1.165, 1.54) is 18.4 Å². The monoisotopic (exact) mass is 360 g/mol. The summed E-state index contributed by atoms with van der Waals surface area (Å²) in [6.45, 7) is -1.33. The van der Waals surface area contributed by atoms with E-state index in [0.717, 1.165) is 0 Å². The molecule has 0 bridgehead atoms. The molecule has 0 aliphatic heterocycles. The van der Waals surface area contributed by atoms with Gasteiger partial charge in [0, 0.05) is 11.1 Å². The second-order valence-corrected chi connectivity index (χ2v) is 5.27. The van der Waals surface area contributed by atoms with Crippen LogP contribution in [0.3, 0.4) is 0 Å². The zero-order valence-electron chi connectivity index (χ0n) is 13.6. The SMILES string of the molecule is Cc1nocc1C(=O)Nc1ccc(-c2ccccc2OC(F)F)c(N)n1. The number of hydrogen-bond acceptors (Lipinski definition) is 6. The van der Waals surface area contributed by atoms with Crippen molar-refractivity contribution in [3.05, 3.63) is 53.9 Å². The molecule has 2 heterocycles. The summed E-state index contributed by atoms with van der Waals surface area (Å²) < 4.78 is 34.4. The number of nitrogens with two attached hydrogens (primary N) is 1. The Morgan fingerprint density at radius 3 is 2.65 bits per heavy atom. The normalized spacial score (nSPS) is 10.8. The summed E-state index contributed by atoms with van der Waals surface area (Å²) in [5.74, 6) is -0.225. The maximum Gasteiger partial charge on any atom is 0.387 e. The Morgan fingerprint density at radius 1 is 1.23 bits per heavy atom. The smallest absolute Gasteiger partial charge is 0.387 e. The number of anilines is 2. The fraction of sp³-hybridized carbons (Fsp3) is 0.118. The number of aryl methyl sites for hydroxylation is 1. The second-order valence-electron chi connectivity index (χ2n) is 5.27. The molecule has 7 nitrogen and oxygen atoms in total. The largest absolute Gasteiger partial charge is 0.434 e. The summed E-state index contributed by atoms with van der Waals surface area (Å²) in [5.41, 5.74) is 7.41. The van der Waals surface area contributed by atoms with Crippen LogP contribution >= 0.6 is 0 Å². The number of rotatable bonds is 5. The minimum Gasteiger partial charge on any atom is -0.434 e. The predicted molar refractivity (Wildman–Crippen MR) is 89.9 cm³/mol. The molecule has 0 aliphatic rings. The Labute approximate surface area is 146 Å². The lowest BCUT2D eigenvalue weighted by Gasteiger charge is -2.13. The van der Waals surface area contributed by atoms with E-state index in [9.17, 15) is 13.6 Å².